The van der Waals surface area contributed by atoms with E-state index in [-0.39, 0.29) is 0 Å². The van der Waals surface area contributed by atoms with E-state index in [2.05, 4.69) is 124 Å². The van der Waals surface area contributed by atoms with Crippen molar-refractivity contribution in [2.75, 3.05) is 0 Å². The number of fused-ring (bicyclic) bond motifs is 4. The van der Waals surface area contributed by atoms with Gasteiger partial charge in [-0.1, -0.05) is 91.0 Å². The quantitative estimate of drug-likeness (QED) is 0.133. The van der Waals surface area contributed by atoms with Crippen LogP contribution in [0.5, 0.6) is 0 Å². The summed E-state index contributed by atoms with van der Waals surface area (Å²) in [4.78, 5) is 30.9. The second-order valence-electron chi connectivity index (χ2n) is 9.93. The Bertz CT molecular complexity index is 1880. The third-order valence-corrected chi connectivity index (χ3v) is 6.68. The summed E-state index contributed by atoms with van der Waals surface area (Å²) in [6, 6.07) is 41.0. The summed E-state index contributed by atoms with van der Waals surface area (Å²) in [5.74, 6) is 0. The first-order valence-corrected chi connectivity index (χ1v) is 15.2. The predicted octanol–water partition coefficient (Wildman–Crippen LogP) is 9.02. The van der Waals surface area contributed by atoms with Crippen LogP contribution in [0, 0.1) is 0 Å². The first-order valence-electron chi connectivity index (χ1n) is 15.2. The van der Waals surface area contributed by atoms with Gasteiger partial charge >= 0.3 is 0 Å². The maximum Gasteiger partial charge on any atom is 0.177 e. The lowest BCUT2D eigenvalue weighted by atomic mass is 10.1. The van der Waals surface area contributed by atoms with Crippen LogP contribution in [0.1, 0.15) is 0 Å². The Morgan fingerprint density at radius 2 is 0.917 bits per heavy atom. The van der Waals surface area contributed by atoms with Gasteiger partial charge in [-0.3, -0.25) is 4.98 Å². The summed E-state index contributed by atoms with van der Waals surface area (Å²) in [6.45, 7) is 0. The molecule has 0 saturated carbocycles. The third kappa shape index (κ3) is 10.6. The fraction of sp³-hybridized carbons (Fsp3) is 0. The Labute approximate surface area is 277 Å². The van der Waals surface area contributed by atoms with Gasteiger partial charge in [0.05, 0.1) is 24.5 Å². The molecule has 0 amide bonds. The highest BCUT2D eigenvalue weighted by Crippen LogP contribution is 2.12. The Morgan fingerprint density at radius 1 is 0.354 bits per heavy atom. The molecule has 0 fully saturated rings. The molecule has 0 radical (unpaired) electrons. The minimum absolute atomic E-state index is 0.775. The number of aromatic amines is 4. The van der Waals surface area contributed by atoms with Crippen molar-refractivity contribution >= 4 is 43.6 Å². The van der Waals surface area contributed by atoms with E-state index in [1.807, 2.05) is 61.1 Å². The van der Waals surface area contributed by atoms with Gasteiger partial charge in [-0.25, -0.2) is 19.9 Å². The second-order valence-corrected chi connectivity index (χ2v) is 9.93. The van der Waals surface area contributed by atoms with E-state index in [9.17, 15) is 0 Å². The molecular weight excluding hydrogens is 594 g/mol. The maximum atomic E-state index is 4.01. The molecule has 4 aromatic carbocycles. The van der Waals surface area contributed by atoms with Crippen molar-refractivity contribution in [2.24, 2.45) is 0 Å². The highest BCUT2D eigenvalue weighted by Gasteiger charge is 1.90. The molecule has 6 aromatic heterocycles. The maximum absolute atomic E-state index is 4.01. The van der Waals surface area contributed by atoms with Crippen LogP contribution in [0.15, 0.2) is 190 Å². The number of hydrogen-bond acceptors (Lipinski definition) is 5. The zero-order valence-corrected chi connectivity index (χ0v) is 26.1. The Hall–Kier alpha value is -6.87. The molecular formula is C39H35N9. The van der Waals surface area contributed by atoms with E-state index in [1.54, 1.807) is 50.0 Å². The van der Waals surface area contributed by atoms with Crippen LogP contribution in [-0.4, -0.2) is 44.9 Å². The van der Waals surface area contributed by atoms with Gasteiger partial charge in [-0.15, -0.1) is 0 Å². The SMILES string of the molecule is c1c[nH]cn1.c1c[nH]cn1.c1ccc2[nH]ccc2c1.c1ccc2ccccc2c1.c1ccc2cnccc2c1.c1cnc2nc[nH]c2c1. The lowest BCUT2D eigenvalue weighted by Crippen LogP contribution is -1.71. The number of benzene rings is 4. The monoisotopic (exact) mass is 629 g/mol. The molecule has 0 atom stereocenters. The fourth-order valence-corrected chi connectivity index (χ4v) is 4.36. The molecule has 0 aliphatic carbocycles. The fourth-order valence-electron chi connectivity index (χ4n) is 4.36. The van der Waals surface area contributed by atoms with Crippen molar-refractivity contribution in [3.8, 4) is 0 Å². The Balaban J connectivity index is 0.000000115. The number of imidazole rings is 3. The van der Waals surface area contributed by atoms with E-state index >= 15 is 0 Å². The van der Waals surface area contributed by atoms with Crippen LogP contribution in [0.2, 0.25) is 0 Å². The third-order valence-electron chi connectivity index (χ3n) is 6.68. The normalized spacial score (nSPS) is 9.67. The van der Waals surface area contributed by atoms with Gasteiger partial charge in [-0.05, 0) is 57.3 Å². The number of pyridine rings is 2. The van der Waals surface area contributed by atoms with Crippen LogP contribution in [0.4, 0.5) is 0 Å². The minimum atomic E-state index is 0.775. The van der Waals surface area contributed by atoms with Gasteiger partial charge in [-0.2, -0.15) is 0 Å². The molecule has 10 aromatic rings. The topological polar surface area (TPSA) is 128 Å². The molecule has 6 heterocycles. The molecule has 0 spiro atoms. The Morgan fingerprint density at radius 3 is 1.44 bits per heavy atom. The van der Waals surface area contributed by atoms with E-state index < -0.39 is 0 Å². The molecule has 0 saturated heterocycles. The van der Waals surface area contributed by atoms with Crippen LogP contribution in [-0.2, 0) is 0 Å². The van der Waals surface area contributed by atoms with Gasteiger partial charge in [0.15, 0.2) is 5.65 Å². The number of hydrogen-bond donors (Lipinski definition) is 4. The number of H-pyrrole nitrogens is 4. The summed E-state index contributed by atoms with van der Waals surface area (Å²) < 4.78 is 0. The average molecular weight is 630 g/mol. The number of nitrogens with one attached hydrogen (secondary N) is 4. The van der Waals surface area contributed by atoms with Gasteiger partial charge in [0.2, 0.25) is 0 Å². The van der Waals surface area contributed by atoms with Crippen molar-refractivity contribution in [2.45, 2.75) is 0 Å². The van der Waals surface area contributed by atoms with Crippen molar-refractivity contribution in [1.82, 2.24) is 44.9 Å². The number of rotatable bonds is 0. The van der Waals surface area contributed by atoms with Gasteiger partial charge in [0.1, 0.15) is 0 Å². The minimum Gasteiger partial charge on any atom is -0.361 e. The summed E-state index contributed by atoms with van der Waals surface area (Å²) >= 11 is 0. The van der Waals surface area contributed by atoms with Crippen molar-refractivity contribution < 1.29 is 0 Å². The molecule has 236 valence electrons. The van der Waals surface area contributed by atoms with Crippen LogP contribution < -0.4 is 0 Å². The number of para-hydroxylation sites is 1. The smallest absolute Gasteiger partial charge is 0.177 e. The standard InChI is InChI=1S/C10H8.C9H7N.C8H7N.C6H5N3.2C3H4N2/c1-2-6-10-8-4-3-7-9(10)5-1;1-2-4-9-7-10-6-5-8(9)3-1;1-2-4-8-7(3-1)5-6-9-8;1-2-5-6(7-3-1)9-4-8-5;2*1-2-5-3-4-1/h1-8H;1-7H;1-6,9H;1-4H,(H,7,8,9);2*1-3H,(H,4,5). The molecule has 0 aliphatic heterocycles. The molecule has 10 rings (SSSR count). The van der Waals surface area contributed by atoms with Crippen molar-refractivity contribution in [3.05, 3.63) is 190 Å². The highest BCUT2D eigenvalue weighted by molar-refractivity contribution is 5.82. The van der Waals surface area contributed by atoms with E-state index in [0.717, 1.165) is 11.2 Å². The molecule has 9 heteroatoms. The lowest BCUT2D eigenvalue weighted by Gasteiger charge is -1.92. The van der Waals surface area contributed by atoms with Crippen LogP contribution in [0.25, 0.3) is 43.6 Å². The zero-order chi connectivity index (χ0) is 32.9. The van der Waals surface area contributed by atoms with Crippen molar-refractivity contribution in [3.63, 3.8) is 0 Å². The Kier molecular flexibility index (Phi) is 12.8. The molecule has 9 nitrogen and oxygen atoms in total. The van der Waals surface area contributed by atoms with E-state index in [1.165, 1.54) is 32.4 Å². The molecule has 0 aliphatic rings. The second kappa shape index (κ2) is 18.8. The molecule has 48 heavy (non-hydrogen) atoms. The summed E-state index contributed by atoms with van der Waals surface area (Å²) in [7, 11) is 0. The first-order chi connectivity index (χ1) is 23.9. The van der Waals surface area contributed by atoms with Crippen LogP contribution >= 0.6 is 0 Å². The summed E-state index contributed by atoms with van der Waals surface area (Å²) in [5.41, 5.74) is 2.97. The summed E-state index contributed by atoms with van der Waals surface area (Å²) in [5, 5.41) is 6.34. The van der Waals surface area contributed by atoms with Crippen molar-refractivity contribution in [1.29, 1.82) is 0 Å². The average Bonchev–Trinajstić information content (AvgIpc) is 4.02. The molecule has 0 unspecified atom stereocenters. The molecule has 4 N–H and O–H groups in total. The van der Waals surface area contributed by atoms with Gasteiger partial charge in [0.25, 0.3) is 0 Å². The van der Waals surface area contributed by atoms with E-state index in [0.29, 0.717) is 0 Å². The highest BCUT2D eigenvalue weighted by atomic mass is 14.9. The van der Waals surface area contributed by atoms with Gasteiger partial charge in [0, 0.05) is 55.1 Å². The predicted molar refractivity (Wildman–Crippen MR) is 195 cm³/mol. The largest absolute Gasteiger partial charge is 0.361 e. The summed E-state index contributed by atoms with van der Waals surface area (Å²) in [6.07, 6.45) is 19.2. The number of nitrogens with zero attached hydrogens (tertiary/aromatic N) is 5. The zero-order valence-electron chi connectivity index (χ0n) is 26.1. The van der Waals surface area contributed by atoms with Gasteiger partial charge < -0.3 is 19.9 Å². The molecule has 0 bridgehead atoms. The van der Waals surface area contributed by atoms with E-state index in [4.69, 9.17) is 0 Å². The van der Waals surface area contributed by atoms with Crippen LogP contribution in [0.3, 0.4) is 0 Å². The first kappa shape index (κ1) is 32.5. The number of aromatic nitrogens is 9. The lowest BCUT2D eigenvalue weighted by molar-refractivity contribution is 1.30.